The van der Waals surface area contributed by atoms with Crippen molar-refractivity contribution in [3.05, 3.63) is 23.7 Å². The van der Waals surface area contributed by atoms with Crippen molar-refractivity contribution in [2.24, 2.45) is 11.8 Å². The minimum Gasteiger partial charge on any atom is -0.465 e. The fourth-order valence-electron chi connectivity index (χ4n) is 2.72. The van der Waals surface area contributed by atoms with Crippen molar-refractivity contribution in [3.8, 4) is 0 Å². The highest BCUT2D eigenvalue weighted by Crippen LogP contribution is 2.27. The number of rotatable bonds is 4. The van der Waals surface area contributed by atoms with Crippen LogP contribution in [0, 0.1) is 18.8 Å². The van der Waals surface area contributed by atoms with Crippen molar-refractivity contribution < 1.29 is 4.42 Å². The number of aryl methyl sites for hydroxylation is 1. The zero-order valence-corrected chi connectivity index (χ0v) is 10.5. The highest BCUT2D eigenvalue weighted by Gasteiger charge is 2.18. The Morgan fingerprint density at radius 1 is 1.38 bits per heavy atom. The van der Waals surface area contributed by atoms with Gasteiger partial charge in [0.25, 0.3) is 0 Å². The predicted octanol–water partition coefficient (Wildman–Crippen LogP) is 3.50. The summed E-state index contributed by atoms with van der Waals surface area (Å²) in [7, 11) is 0. The Morgan fingerprint density at radius 2 is 2.25 bits per heavy atom. The summed E-state index contributed by atoms with van der Waals surface area (Å²) in [4.78, 5) is 0. The molecule has 2 unspecified atom stereocenters. The molecule has 1 aromatic heterocycles. The SMILES string of the molecule is Cc1ccc(CNCC2CCCC(C)C2)o1. The summed E-state index contributed by atoms with van der Waals surface area (Å²) in [6.45, 7) is 6.39. The molecule has 0 aromatic carbocycles. The van der Waals surface area contributed by atoms with Crippen molar-refractivity contribution in [1.82, 2.24) is 5.32 Å². The largest absolute Gasteiger partial charge is 0.465 e. The Labute approximate surface area is 98.4 Å². The molecule has 0 saturated heterocycles. The van der Waals surface area contributed by atoms with Gasteiger partial charge in [-0.05, 0) is 50.3 Å². The van der Waals surface area contributed by atoms with E-state index in [4.69, 9.17) is 4.42 Å². The molecule has 1 aliphatic carbocycles. The third kappa shape index (κ3) is 3.38. The van der Waals surface area contributed by atoms with Gasteiger partial charge in [-0.15, -0.1) is 0 Å². The van der Waals surface area contributed by atoms with Gasteiger partial charge in [0.1, 0.15) is 11.5 Å². The first kappa shape index (κ1) is 11.7. The molecule has 1 aromatic rings. The summed E-state index contributed by atoms with van der Waals surface area (Å²) in [6, 6.07) is 4.09. The van der Waals surface area contributed by atoms with Gasteiger partial charge in [0, 0.05) is 0 Å². The van der Waals surface area contributed by atoms with E-state index in [-0.39, 0.29) is 0 Å². The highest BCUT2D eigenvalue weighted by atomic mass is 16.3. The zero-order chi connectivity index (χ0) is 11.4. The van der Waals surface area contributed by atoms with Gasteiger partial charge in [-0.2, -0.15) is 0 Å². The average Bonchev–Trinajstić information content (AvgIpc) is 2.64. The van der Waals surface area contributed by atoms with E-state index < -0.39 is 0 Å². The van der Waals surface area contributed by atoms with E-state index in [0.717, 1.165) is 36.4 Å². The van der Waals surface area contributed by atoms with Crippen LogP contribution in [0.25, 0.3) is 0 Å². The molecule has 90 valence electrons. The molecule has 1 fully saturated rings. The fourth-order valence-corrected chi connectivity index (χ4v) is 2.72. The lowest BCUT2D eigenvalue weighted by Crippen LogP contribution is -2.26. The van der Waals surface area contributed by atoms with E-state index in [0.29, 0.717) is 0 Å². The van der Waals surface area contributed by atoms with Gasteiger partial charge in [0.05, 0.1) is 6.54 Å². The predicted molar refractivity (Wildman–Crippen MR) is 66.3 cm³/mol. The molecule has 0 bridgehead atoms. The van der Waals surface area contributed by atoms with Crippen LogP contribution in [-0.4, -0.2) is 6.54 Å². The molecular weight excluding hydrogens is 198 g/mol. The first-order chi connectivity index (χ1) is 7.74. The van der Waals surface area contributed by atoms with E-state index >= 15 is 0 Å². The van der Waals surface area contributed by atoms with Crippen LogP contribution < -0.4 is 5.32 Å². The van der Waals surface area contributed by atoms with Crippen LogP contribution in [0.2, 0.25) is 0 Å². The van der Waals surface area contributed by atoms with Crippen LogP contribution in [0.3, 0.4) is 0 Å². The highest BCUT2D eigenvalue weighted by molar-refractivity contribution is 5.05. The maximum absolute atomic E-state index is 5.53. The molecule has 2 nitrogen and oxygen atoms in total. The molecule has 1 saturated carbocycles. The van der Waals surface area contributed by atoms with Crippen molar-refractivity contribution in [2.45, 2.75) is 46.1 Å². The third-order valence-corrected chi connectivity index (χ3v) is 3.57. The van der Waals surface area contributed by atoms with Gasteiger partial charge < -0.3 is 9.73 Å². The van der Waals surface area contributed by atoms with Gasteiger partial charge >= 0.3 is 0 Å². The molecule has 0 aliphatic heterocycles. The number of nitrogens with one attached hydrogen (secondary N) is 1. The normalized spacial score (nSPS) is 25.9. The molecule has 1 N–H and O–H groups in total. The van der Waals surface area contributed by atoms with Gasteiger partial charge in [-0.1, -0.05) is 19.8 Å². The van der Waals surface area contributed by atoms with Crippen LogP contribution in [0.1, 0.15) is 44.1 Å². The van der Waals surface area contributed by atoms with E-state index in [1.807, 2.05) is 13.0 Å². The molecular formula is C14H23NO. The van der Waals surface area contributed by atoms with Crippen molar-refractivity contribution in [3.63, 3.8) is 0 Å². The molecule has 2 heteroatoms. The topological polar surface area (TPSA) is 25.2 Å². The summed E-state index contributed by atoms with van der Waals surface area (Å²) in [5, 5.41) is 3.51. The zero-order valence-electron chi connectivity index (χ0n) is 10.5. The summed E-state index contributed by atoms with van der Waals surface area (Å²) in [5.74, 6) is 3.86. The lowest BCUT2D eigenvalue weighted by atomic mass is 9.82. The molecule has 0 radical (unpaired) electrons. The summed E-state index contributed by atoms with van der Waals surface area (Å²) in [6.07, 6.45) is 5.62. The van der Waals surface area contributed by atoms with Crippen LogP contribution in [0.15, 0.2) is 16.5 Å². The monoisotopic (exact) mass is 221 g/mol. The number of furan rings is 1. The second kappa shape index (κ2) is 5.53. The smallest absolute Gasteiger partial charge is 0.117 e. The minimum atomic E-state index is 0.874. The van der Waals surface area contributed by atoms with Crippen LogP contribution >= 0.6 is 0 Å². The Bertz CT molecular complexity index is 318. The number of hydrogen-bond donors (Lipinski definition) is 1. The average molecular weight is 221 g/mol. The van der Waals surface area contributed by atoms with Gasteiger partial charge in [-0.3, -0.25) is 0 Å². The third-order valence-electron chi connectivity index (χ3n) is 3.57. The van der Waals surface area contributed by atoms with E-state index in [1.165, 1.54) is 25.7 Å². The van der Waals surface area contributed by atoms with E-state index in [9.17, 15) is 0 Å². The lowest BCUT2D eigenvalue weighted by molar-refractivity contribution is 0.272. The molecule has 0 amide bonds. The van der Waals surface area contributed by atoms with Crippen LogP contribution in [0.4, 0.5) is 0 Å². The van der Waals surface area contributed by atoms with Gasteiger partial charge in [0.2, 0.25) is 0 Å². The van der Waals surface area contributed by atoms with E-state index in [1.54, 1.807) is 0 Å². The molecule has 2 atom stereocenters. The molecule has 2 rings (SSSR count). The first-order valence-electron chi connectivity index (χ1n) is 6.50. The molecule has 0 spiro atoms. The minimum absolute atomic E-state index is 0.874. The van der Waals surface area contributed by atoms with Crippen molar-refractivity contribution in [2.75, 3.05) is 6.54 Å². The Balaban J connectivity index is 1.67. The van der Waals surface area contributed by atoms with Gasteiger partial charge in [0.15, 0.2) is 0 Å². The maximum Gasteiger partial charge on any atom is 0.117 e. The molecule has 1 heterocycles. The second-order valence-corrected chi connectivity index (χ2v) is 5.28. The summed E-state index contributed by atoms with van der Waals surface area (Å²) < 4.78 is 5.53. The first-order valence-corrected chi connectivity index (χ1v) is 6.50. The maximum atomic E-state index is 5.53. The van der Waals surface area contributed by atoms with Gasteiger partial charge in [-0.25, -0.2) is 0 Å². The van der Waals surface area contributed by atoms with Crippen molar-refractivity contribution >= 4 is 0 Å². The van der Waals surface area contributed by atoms with Crippen LogP contribution in [0.5, 0.6) is 0 Å². The quantitative estimate of drug-likeness (QED) is 0.841. The molecule has 16 heavy (non-hydrogen) atoms. The Morgan fingerprint density at radius 3 is 2.94 bits per heavy atom. The standard InChI is InChI=1S/C14H23NO/c1-11-4-3-5-13(8-11)9-15-10-14-7-6-12(2)16-14/h6-7,11,13,15H,3-5,8-10H2,1-2H3. The lowest BCUT2D eigenvalue weighted by Gasteiger charge is -2.26. The second-order valence-electron chi connectivity index (χ2n) is 5.28. The fraction of sp³-hybridized carbons (Fsp3) is 0.714. The van der Waals surface area contributed by atoms with Crippen LogP contribution in [-0.2, 0) is 6.54 Å². The summed E-state index contributed by atoms with van der Waals surface area (Å²) >= 11 is 0. The van der Waals surface area contributed by atoms with E-state index in [2.05, 4.69) is 18.3 Å². The Kier molecular flexibility index (Phi) is 4.05. The Hall–Kier alpha value is -0.760. The summed E-state index contributed by atoms with van der Waals surface area (Å²) in [5.41, 5.74) is 0. The van der Waals surface area contributed by atoms with Crippen molar-refractivity contribution in [1.29, 1.82) is 0 Å². The molecule has 1 aliphatic rings. The number of hydrogen-bond acceptors (Lipinski definition) is 2.